The lowest BCUT2D eigenvalue weighted by Gasteiger charge is -2.10. The second-order valence-electron chi connectivity index (χ2n) is 6.79. The molecule has 0 heterocycles. The number of halogens is 1. The van der Waals surface area contributed by atoms with Gasteiger partial charge in [0.2, 0.25) is 0 Å². The lowest BCUT2D eigenvalue weighted by molar-refractivity contribution is 0.0955. The van der Waals surface area contributed by atoms with Crippen molar-refractivity contribution in [1.29, 1.82) is 0 Å². The number of hydrazone groups is 1. The van der Waals surface area contributed by atoms with Crippen molar-refractivity contribution < 1.29 is 17.4 Å². The minimum atomic E-state index is -4.07. The lowest BCUT2D eigenvalue weighted by atomic mass is 10.1. The Kier molecular flexibility index (Phi) is 6.52. The summed E-state index contributed by atoms with van der Waals surface area (Å²) in [5.74, 6) is -0.269. The van der Waals surface area contributed by atoms with Gasteiger partial charge in [-0.2, -0.15) is 13.5 Å². The largest absolute Gasteiger partial charge is 0.378 e. The molecule has 0 atom stereocenters. The number of nitrogens with zero attached hydrogens (tertiary/aromatic N) is 1. The highest BCUT2D eigenvalue weighted by Crippen LogP contribution is 2.24. The van der Waals surface area contributed by atoms with E-state index in [0.717, 1.165) is 14.3 Å². The van der Waals surface area contributed by atoms with Crippen LogP contribution in [0.25, 0.3) is 10.8 Å². The zero-order valence-corrected chi connectivity index (χ0v) is 19.6. The van der Waals surface area contributed by atoms with E-state index in [9.17, 15) is 13.2 Å². The van der Waals surface area contributed by atoms with E-state index >= 15 is 0 Å². The molecule has 0 spiro atoms. The third-order valence-electron chi connectivity index (χ3n) is 4.58. The highest BCUT2D eigenvalue weighted by Gasteiger charge is 2.18. The SMILES string of the molecule is O=C(N/N=C\c1ccccc1OS(=O)(=O)c1ccc2ccccc2c1)c1cccc(I)c1. The topological polar surface area (TPSA) is 84.8 Å². The first kappa shape index (κ1) is 22.0. The minimum absolute atomic E-state index is 0.0509. The van der Waals surface area contributed by atoms with E-state index in [1.807, 2.05) is 30.3 Å². The molecule has 0 aliphatic carbocycles. The van der Waals surface area contributed by atoms with Gasteiger partial charge in [0, 0.05) is 14.7 Å². The van der Waals surface area contributed by atoms with Gasteiger partial charge in [0.25, 0.3) is 5.91 Å². The number of amides is 1. The molecular formula is C24H17IN2O4S. The maximum absolute atomic E-state index is 12.9. The molecule has 0 saturated carbocycles. The molecule has 0 fully saturated rings. The van der Waals surface area contributed by atoms with Crippen LogP contribution in [0, 0.1) is 3.57 Å². The highest BCUT2D eigenvalue weighted by molar-refractivity contribution is 14.1. The Hall–Kier alpha value is -3.24. The zero-order valence-electron chi connectivity index (χ0n) is 16.6. The summed E-state index contributed by atoms with van der Waals surface area (Å²) >= 11 is 2.12. The van der Waals surface area contributed by atoms with Gasteiger partial charge >= 0.3 is 10.1 Å². The van der Waals surface area contributed by atoms with Crippen molar-refractivity contribution in [2.24, 2.45) is 5.10 Å². The standard InChI is InChI=1S/C24H17IN2O4S/c25-21-10-5-9-19(14-21)24(28)27-26-16-20-8-3-4-11-23(20)31-32(29,30)22-13-12-17-6-1-2-7-18(17)15-22/h1-16H,(H,27,28)/b26-16-. The first-order valence-corrected chi connectivity index (χ1v) is 12.0. The molecule has 0 aliphatic heterocycles. The van der Waals surface area contributed by atoms with Crippen molar-refractivity contribution >= 4 is 55.6 Å². The van der Waals surface area contributed by atoms with Gasteiger partial charge < -0.3 is 4.18 Å². The minimum Gasteiger partial charge on any atom is -0.378 e. The van der Waals surface area contributed by atoms with Crippen LogP contribution in [0.4, 0.5) is 0 Å². The van der Waals surface area contributed by atoms with E-state index in [1.165, 1.54) is 18.3 Å². The van der Waals surface area contributed by atoms with Crippen LogP contribution in [0.1, 0.15) is 15.9 Å². The van der Waals surface area contributed by atoms with Gasteiger partial charge in [-0.15, -0.1) is 0 Å². The normalized spacial score (nSPS) is 11.5. The molecule has 0 aliphatic rings. The number of para-hydroxylation sites is 1. The van der Waals surface area contributed by atoms with Gasteiger partial charge in [-0.3, -0.25) is 4.79 Å². The van der Waals surface area contributed by atoms with Crippen molar-refractivity contribution in [2.45, 2.75) is 4.90 Å². The smallest absolute Gasteiger partial charge is 0.339 e. The molecule has 4 rings (SSSR count). The molecule has 1 N–H and O–H groups in total. The summed E-state index contributed by atoms with van der Waals surface area (Å²) in [6, 6.07) is 25.9. The summed E-state index contributed by atoms with van der Waals surface area (Å²) in [5.41, 5.74) is 3.31. The van der Waals surface area contributed by atoms with Gasteiger partial charge in [-0.05, 0) is 75.8 Å². The maximum atomic E-state index is 12.9. The monoisotopic (exact) mass is 556 g/mol. The van der Waals surface area contributed by atoms with Crippen LogP contribution in [0.2, 0.25) is 0 Å². The molecule has 0 unspecified atom stereocenters. The molecule has 0 bridgehead atoms. The molecule has 1 amide bonds. The second kappa shape index (κ2) is 9.49. The Balaban J connectivity index is 1.53. The number of rotatable bonds is 6. The number of hydrogen-bond acceptors (Lipinski definition) is 5. The third kappa shape index (κ3) is 5.14. The van der Waals surface area contributed by atoms with Gasteiger partial charge in [-0.1, -0.05) is 48.5 Å². The van der Waals surface area contributed by atoms with Crippen molar-refractivity contribution in [3.8, 4) is 5.75 Å². The maximum Gasteiger partial charge on any atom is 0.339 e. The number of benzene rings is 4. The average Bonchev–Trinajstić information content (AvgIpc) is 2.79. The summed E-state index contributed by atoms with van der Waals surface area (Å²) in [7, 11) is -4.07. The molecule has 0 aromatic heterocycles. The lowest BCUT2D eigenvalue weighted by Crippen LogP contribution is -2.17. The first-order chi connectivity index (χ1) is 15.4. The van der Waals surface area contributed by atoms with Crippen molar-refractivity contribution in [3.63, 3.8) is 0 Å². The Bertz CT molecular complexity index is 1430. The summed E-state index contributed by atoms with van der Waals surface area (Å²) in [5, 5.41) is 5.68. The number of carbonyl (C=O) groups is 1. The Labute approximate surface area is 199 Å². The van der Waals surface area contributed by atoms with E-state index in [0.29, 0.717) is 11.1 Å². The molecule has 4 aromatic rings. The van der Waals surface area contributed by atoms with Crippen LogP contribution in [0.15, 0.2) is 101 Å². The van der Waals surface area contributed by atoms with Crippen molar-refractivity contribution in [1.82, 2.24) is 5.43 Å². The molecule has 6 nitrogen and oxygen atoms in total. The van der Waals surface area contributed by atoms with Crippen molar-refractivity contribution in [3.05, 3.63) is 106 Å². The van der Waals surface area contributed by atoms with Gasteiger partial charge in [0.1, 0.15) is 4.90 Å². The summed E-state index contributed by atoms with van der Waals surface area (Å²) in [6.45, 7) is 0. The fourth-order valence-electron chi connectivity index (χ4n) is 3.01. The molecule has 0 radical (unpaired) electrons. The third-order valence-corrected chi connectivity index (χ3v) is 6.49. The predicted molar refractivity (Wildman–Crippen MR) is 132 cm³/mol. The molecule has 160 valence electrons. The summed E-state index contributed by atoms with van der Waals surface area (Å²) < 4.78 is 32.0. The van der Waals surface area contributed by atoms with E-state index < -0.39 is 10.1 Å². The van der Waals surface area contributed by atoms with E-state index in [1.54, 1.807) is 48.5 Å². The van der Waals surface area contributed by atoms with Crippen LogP contribution >= 0.6 is 22.6 Å². The van der Waals surface area contributed by atoms with Gasteiger partial charge in [0.15, 0.2) is 5.75 Å². The zero-order chi connectivity index (χ0) is 22.6. The van der Waals surface area contributed by atoms with Gasteiger partial charge in [-0.25, -0.2) is 5.43 Å². The second-order valence-corrected chi connectivity index (χ2v) is 9.59. The van der Waals surface area contributed by atoms with Crippen LogP contribution in [-0.4, -0.2) is 20.5 Å². The molecule has 4 aromatic carbocycles. The predicted octanol–water partition coefficient (Wildman–Crippen LogP) is 4.98. The number of hydrogen-bond donors (Lipinski definition) is 1. The molecular weight excluding hydrogens is 539 g/mol. The van der Waals surface area contributed by atoms with Crippen LogP contribution in [0.5, 0.6) is 5.75 Å². The van der Waals surface area contributed by atoms with E-state index in [4.69, 9.17) is 4.18 Å². The highest BCUT2D eigenvalue weighted by atomic mass is 127. The molecule has 32 heavy (non-hydrogen) atoms. The summed E-state index contributed by atoms with van der Waals surface area (Å²) in [6.07, 6.45) is 1.34. The summed E-state index contributed by atoms with van der Waals surface area (Å²) in [4.78, 5) is 12.3. The number of carbonyl (C=O) groups excluding carboxylic acids is 1. The van der Waals surface area contributed by atoms with Gasteiger partial charge in [0.05, 0.1) is 6.21 Å². The number of fused-ring (bicyclic) bond motifs is 1. The number of nitrogens with one attached hydrogen (secondary N) is 1. The molecule has 0 saturated heterocycles. The fourth-order valence-corrected chi connectivity index (χ4v) is 4.54. The molecule has 8 heteroatoms. The first-order valence-electron chi connectivity index (χ1n) is 9.54. The van der Waals surface area contributed by atoms with E-state index in [2.05, 4.69) is 33.1 Å². The van der Waals surface area contributed by atoms with Crippen LogP contribution in [-0.2, 0) is 10.1 Å². The Morgan fingerprint density at radius 2 is 1.62 bits per heavy atom. The van der Waals surface area contributed by atoms with E-state index in [-0.39, 0.29) is 16.6 Å². The fraction of sp³-hybridized carbons (Fsp3) is 0. The Morgan fingerprint density at radius 3 is 2.44 bits per heavy atom. The average molecular weight is 556 g/mol. The van der Waals surface area contributed by atoms with Crippen LogP contribution in [0.3, 0.4) is 0 Å². The van der Waals surface area contributed by atoms with Crippen molar-refractivity contribution in [2.75, 3.05) is 0 Å². The van der Waals surface area contributed by atoms with Crippen LogP contribution < -0.4 is 9.61 Å². The Morgan fingerprint density at radius 1 is 0.875 bits per heavy atom. The quantitative estimate of drug-likeness (QED) is 0.157.